The average molecular weight is 515 g/mol. The van der Waals surface area contributed by atoms with Crippen molar-refractivity contribution in [3.63, 3.8) is 0 Å². The molecule has 4 rings (SSSR count). The van der Waals surface area contributed by atoms with E-state index in [1.807, 2.05) is 28.0 Å². The van der Waals surface area contributed by atoms with Crippen LogP contribution in [0.15, 0.2) is 35.1 Å². The van der Waals surface area contributed by atoms with Crippen molar-refractivity contribution >= 4 is 11.9 Å². The predicted octanol–water partition coefficient (Wildman–Crippen LogP) is 2.87. The molecule has 0 bridgehead atoms. The number of likely N-dealkylation sites (tertiary alicyclic amines) is 1. The normalized spacial score (nSPS) is 20.9. The Balaban J connectivity index is 1.56. The van der Waals surface area contributed by atoms with Gasteiger partial charge >= 0.3 is 5.97 Å². The smallest absolute Gasteiger partial charge is 0.308 e. The molecule has 3 heterocycles. The van der Waals surface area contributed by atoms with Crippen LogP contribution in [-0.4, -0.2) is 77.3 Å². The number of hydrogen-bond acceptors (Lipinski definition) is 8. The fourth-order valence-corrected chi connectivity index (χ4v) is 5.41. The lowest BCUT2D eigenvalue weighted by Gasteiger charge is -2.29. The number of hydrogen-bond donors (Lipinski definition) is 2. The minimum absolute atomic E-state index is 0.0297. The standard InChI is InChI=1S/C27H38N4O6/c1-2-3-12-30(13-5-4-10-28)25(32)17-31-16-20(19-6-8-22-23(15-19)37-18-36-22)26(27(33)34)21(31)7-9-24-29-11-14-35-24/h6,8,11,14-15,20-21,26H,2-5,7,9-10,12-13,16-18,28H2,1H3,(H,33,34)/t20-,21+,26?/m1/s1. The molecule has 2 aromatic rings. The molecule has 1 fully saturated rings. The molecule has 10 nitrogen and oxygen atoms in total. The van der Waals surface area contributed by atoms with Gasteiger partial charge in [0.2, 0.25) is 12.7 Å². The van der Waals surface area contributed by atoms with Gasteiger partial charge in [0.15, 0.2) is 17.4 Å². The summed E-state index contributed by atoms with van der Waals surface area (Å²) in [7, 11) is 0. The Kier molecular flexibility index (Phi) is 9.40. The maximum atomic E-state index is 13.5. The van der Waals surface area contributed by atoms with Gasteiger partial charge in [-0.3, -0.25) is 14.5 Å². The van der Waals surface area contributed by atoms with Crippen LogP contribution in [0.3, 0.4) is 0 Å². The molecule has 2 aliphatic rings. The number of nitrogens with zero attached hydrogens (tertiary/aromatic N) is 3. The molecule has 1 aromatic heterocycles. The minimum Gasteiger partial charge on any atom is -0.481 e. The topological polar surface area (TPSA) is 131 Å². The summed E-state index contributed by atoms with van der Waals surface area (Å²) < 4.78 is 16.4. The molecule has 1 aromatic carbocycles. The first kappa shape index (κ1) is 26.9. The second kappa shape index (κ2) is 12.9. The van der Waals surface area contributed by atoms with Crippen LogP contribution in [0.4, 0.5) is 0 Å². The SMILES string of the molecule is CCCCN(CCCCN)C(=O)CN1C[C@H](c2ccc3c(c2)OCO3)C(C(=O)O)[C@@H]1CCc1ncco1. The van der Waals surface area contributed by atoms with Crippen molar-refractivity contribution in [2.75, 3.05) is 39.5 Å². The first-order valence-corrected chi connectivity index (χ1v) is 13.2. The highest BCUT2D eigenvalue weighted by atomic mass is 16.7. The number of aromatic nitrogens is 1. The van der Waals surface area contributed by atoms with Crippen LogP contribution in [0.5, 0.6) is 11.5 Å². The number of carboxylic acid groups (broad SMARTS) is 1. The first-order chi connectivity index (χ1) is 18.0. The highest BCUT2D eigenvalue weighted by Gasteiger charge is 2.47. The van der Waals surface area contributed by atoms with E-state index in [-0.39, 0.29) is 31.2 Å². The predicted molar refractivity (Wildman–Crippen MR) is 136 cm³/mol. The zero-order valence-corrected chi connectivity index (χ0v) is 21.5. The van der Waals surface area contributed by atoms with Crippen LogP contribution in [0.25, 0.3) is 0 Å². The molecular formula is C27H38N4O6. The summed E-state index contributed by atoms with van der Waals surface area (Å²) in [4.78, 5) is 34.3. The van der Waals surface area contributed by atoms with E-state index in [9.17, 15) is 14.7 Å². The summed E-state index contributed by atoms with van der Waals surface area (Å²) in [5.41, 5.74) is 6.54. The number of unbranched alkanes of at least 4 members (excludes halogenated alkanes) is 2. The molecule has 37 heavy (non-hydrogen) atoms. The molecule has 202 valence electrons. The number of carbonyl (C=O) groups is 2. The Morgan fingerprint density at radius 2 is 2.00 bits per heavy atom. The average Bonchev–Trinajstić information content (AvgIpc) is 3.64. The van der Waals surface area contributed by atoms with Crippen molar-refractivity contribution in [2.24, 2.45) is 11.7 Å². The van der Waals surface area contributed by atoms with Crippen molar-refractivity contribution in [1.82, 2.24) is 14.8 Å². The summed E-state index contributed by atoms with van der Waals surface area (Å²) in [6.07, 6.45) is 7.77. The summed E-state index contributed by atoms with van der Waals surface area (Å²) in [6, 6.07) is 5.27. The van der Waals surface area contributed by atoms with Crippen molar-refractivity contribution in [3.05, 3.63) is 42.1 Å². The number of benzene rings is 1. The molecule has 3 N–H and O–H groups in total. The zero-order valence-electron chi connectivity index (χ0n) is 21.5. The highest BCUT2D eigenvalue weighted by Crippen LogP contribution is 2.43. The molecule has 1 amide bonds. The van der Waals surface area contributed by atoms with E-state index in [2.05, 4.69) is 11.9 Å². The van der Waals surface area contributed by atoms with Crippen LogP contribution in [-0.2, 0) is 16.0 Å². The second-order valence-corrected chi connectivity index (χ2v) is 9.77. The van der Waals surface area contributed by atoms with E-state index < -0.39 is 11.9 Å². The molecule has 0 radical (unpaired) electrons. The fraction of sp³-hybridized carbons (Fsp3) is 0.593. The number of aryl methyl sites for hydroxylation is 1. The van der Waals surface area contributed by atoms with Crippen LogP contribution >= 0.6 is 0 Å². The van der Waals surface area contributed by atoms with E-state index >= 15 is 0 Å². The first-order valence-electron chi connectivity index (χ1n) is 13.2. The number of aliphatic carboxylic acids is 1. The molecule has 1 unspecified atom stereocenters. The lowest BCUT2D eigenvalue weighted by molar-refractivity contribution is -0.143. The van der Waals surface area contributed by atoms with Gasteiger partial charge in [0.05, 0.1) is 18.7 Å². The monoisotopic (exact) mass is 514 g/mol. The van der Waals surface area contributed by atoms with Crippen molar-refractivity contribution in [1.29, 1.82) is 0 Å². The summed E-state index contributed by atoms with van der Waals surface area (Å²) in [6.45, 7) is 4.86. The van der Waals surface area contributed by atoms with Gasteiger partial charge in [-0.25, -0.2) is 4.98 Å². The van der Waals surface area contributed by atoms with E-state index in [0.29, 0.717) is 56.4 Å². The Morgan fingerprint density at radius 3 is 2.73 bits per heavy atom. The Morgan fingerprint density at radius 1 is 1.19 bits per heavy atom. The highest BCUT2D eigenvalue weighted by molar-refractivity contribution is 5.79. The molecule has 2 aliphatic heterocycles. The quantitative estimate of drug-likeness (QED) is 0.365. The molecule has 0 saturated carbocycles. The molecule has 0 aliphatic carbocycles. The van der Waals surface area contributed by atoms with Crippen molar-refractivity contribution in [3.8, 4) is 11.5 Å². The van der Waals surface area contributed by atoms with Crippen LogP contribution in [0, 0.1) is 5.92 Å². The minimum atomic E-state index is -0.874. The van der Waals surface area contributed by atoms with Gasteiger partial charge in [-0.2, -0.15) is 0 Å². The molecule has 0 spiro atoms. The van der Waals surface area contributed by atoms with E-state index in [1.165, 1.54) is 6.26 Å². The van der Waals surface area contributed by atoms with Crippen LogP contribution in [0.2, 0.25) is 0 Å². The Bertz CT molecular complexity index is 1030. The van der Waals surface area contributed by atoms with E-state index in [0.717, 1.165) is 31.2 Å². The fourth-order valence-electron chi connectivity index (χ4n) is 5.41. The lowest BCUT2D eigenvalue weighted by Crippen LogP contribution is -2.45. The molecular weight excluding hydrogens is 476 g/mol. The summed E-state index contributed by atoms with van der Waals surface area (Å²) in [5, 5.41) is 10.4. The van der Waals surface area contributed by atoms with Gasteiger partial charge in [0.1, 0.15) is 6.26 Å². The third kappa shape index (κ3) is 6.61. The van der Waals surface area contributed by atoms with Gasteiger partial charge in [0, 0.05) is 38.0 Å². The van der Waals surface area contributed by atoms with Gasteiger partial charge in [0.25, 0.3) is 0 Å². The largest absolute Gasteiger partial charge is 0.481 e. The van der Waals surface area contributed by atoms with E-state index in [4.69, 9.17) is 19.6 Å². The number of oxazole rings is 1. The summed E-state index contributed by atoms with van der Waals surface area (Å²) >= 11 is 0. The summed E-state index contributed by atoms with van der Waals surface area (Å²) in [5.74, 6) is 0.0135. The number of rotatable bonds is 14. The molecule has 1 saturated heterocycles. The maximum absolute atomic E-state index is 13.5. The van der Waals surface area contributed by atoms with Gasteiger partial charge in [-0.1, -0.05) is 19.4 Å². The van der Waals surface area contributed by atoms with Crippen LogP contribution < -0.4 is 15.2 Å². The van der Waals surface area contributed by atoms with Gasteiger partial charge < -0.3 is 29.6 Å². The van der Waals surface area contributed by atoms with Crippen molar-refractivity contribution in [2.45, 2.75) is 57.4 Å². The Labute approximate surface area is 217 Å². The molecule has 3 atom stereocenters. The van der Waals surface area contributed by atoms with Crippen molar-refractivity contribution < 1.29 is 28.6 Å². The number of ether oxygens (including phenoxy) is 2. The number of carboxylic acids is 1. The zero-order chi connectivity index (χ0) is 26.2. The second-order valence-electron chi connectivity index (χ2n) is 9.77. The number of amides is 1. The Hall–Kier alpha value is -3.11. The number of nitrogens with two attached hydrogens (primary N) is 1. The van der Waals surface area contributed by atoms with E-state index in [1.54, 1.807) is 6.20 Å². The third-order valence-electron chi connectivity index (χ3n) is 7.35. The molecule has 10 heteroatoms. The van der Waals surface area contributed by atoms with Gasteiger partial charge in [-0.05, 0) is 49.9 Å². The third-order valence-corrected chi connectivity index (χ3v) is 7.35. The lowest BCUT2D eigenvalue weighted by atomic mass is 9.83. The maximum Gasteiger partial charge on any atom is 0.308 e. The van der Waals surface area contributed by atoms with Crippen LogP contribution in [0.1, 0.15) is 56.4 Å². The number of carbonyl (C=O) groups excluding carboxylic acids is 1. The number of fused-ring (bicyclic) bond motifs is 1. The van der Waals surface area contributed by atoms with Gasteiger partial charge in [-0.15, -0.1) is 0 Å².